The van der Waals surface area contributed by atoms with Crippen molar-refractivity contribution in [2.45, 2.75) is 45.3 Å². The monoisotopic (exact) mass is 247 g/mol. The molecule has 2 atom stereocenters. The molecular weight excluding hydrogens is 229 g/mol. The fourth-order valence-corrected chi connectivity index (χ4v) is 2.48. The fourth-order valence-electron chi connectivity index (χ4n) is 2.48. The van der Waals surface area contributed by atoms with E-state index in [-0.39, 0.29) is 18.5 Å². The minimum atomic E-state index is -0.294. The molecule has 0 spiro atoms. The summed E-state index contributed by atoms with van der Waals surface area (Å²) >= 11 is 0. The van der Waals surface area contributed by atoms with Gasteiger partial charge >= 0.3 is 0 Å². The van der Waals surface area contributed by atoms with Gasteiger partial charge in [-0.05, 0) is 37.0 Å². The van der Waals surface area contributed by atoms with Gasteiger partial charge in [0.05, 0.1) is 24.3 Å². The van der Waals surface area contributed by atoms with Crippen molar-refractivity contribution < 1.29 is 9.13 Å². The lowest BCUT2D eigenvalue weighted by Gasteiger charge is -2.28. The van der Waals surface area contributed by atoms with Gasteiger partial charge in [0, 0.05) is 5.56 Å². The first-order valence-electron chi connectivity index (χ1n) is 6.51. The number of hydrogen-bond acceptors (Lipinski definition) is 2. The Bertz CT molecular complexity index is 452. The predicted octanol–water partition coefficient (Wildman–Crippen LogP) is 3.79. The van der Waals surface area contributed by atoms with Crippen LogP contribution >= 0.6 is 0 Å². The van der Waals surface area contributed by atoms with Gasteiger partial charge in [0.25, 0.3) is 0 Å². The molecule has 0 aliphatic heterocycles. The summed E-state index contributed by atoms with van der Waals surface area (Å²) in [6.07, 6.45) is 4.92. The zero-order chi connectivity index (χ0) is 13.0. The van der Waals surface area contributed by atoms with E-state index >= 15 is 0 Å². The van der Waals surface area contributed by atoms with Gasteiger partial charge in [-0.2, -0.15) is 5.26 Å². The van der Waals surface area contributed by atoms with Gasteiger partial charge in [-0.15, -0.1) is 0 Å². The van der Waals surface area contributed by atoms with E-state index in [4.69, 9.17) is 10.00 Å². The van der Waals surface area contributed by atoms with Crippen LogP contribution in [0.2, 0.25) is 0 Å². The quantitative estimate of drug-likeness (QED) is 0.814. The van der Waals surface area contributed by atoms with Crippen LogP contribution in [0.25, 0.3) is 0 Å². The Kier molecular flexibility index (Phi) is 4.33. The van der Waals surface area contributed by atoms with Crippen LogP contribution in [-0.4, -0.2) is 6.10 Å². The Labute approximate surface area is 107 Å². The van der Waals surface area contributed by atoms with Crippen LogP contribution in [0, 0.1) is 23.1 Å². The van der Waals surface area contributed by atoms with E-state index in [1.54, 1.807) is 6.07 Å². The van der Waals surface area contributed by atoms with Gasteiger partial charge in [0.1, 0.15) is 5.82 Å². The van der Waals surface area contributed by atoms with Crippen LogP contribution in [0.5, 0.6) is 0 Å². The lowest BCUT2D eigenvalue weighted by molar-refractivity contribution is -0.0164. The first-order chi connectivity index (χ1) is 8.70. The van der Waals surface area contributed by atoms with Crippen molar-refractivity contribution in [1.29, 1.82) is 5.26 Å². The molecule has 2 rings (SSSR count). The highest BCUT2D eigenvalue weighted by molar-refractivity contribution is 5.33. The number of nitriles is 1. The molecule has 0 heterocycles. The molecule has 1 aromatic rings. The van der Waals surface area contributed by atoms with Gasteiger partial charge in [-0.1, -0.05) is 19.8 Å². The van der Waals surface area contributed by atoms with E-state index in [1.807, 2.05) is 6.07 Å². The van der Waals surface area contributed by atoms with E-state index in [9.17, 15) is 4.39 Å². The summed E-state index contributed by atoms with van der Waals surface area (Å²) < 4.78 is 19.4. The van der Waals surface area contributed by atoms with Gasteiger partial charge in [-0.3, -0.25) is 0 Å². The number of ether oxygens (including phenoxy) is 1. The maximum atomic E-state index is 13.6. The van der Waals surface area contributed by atoms with Crippen LogP contribution in [0.3, 0.4) is 0 Å². The van der Waals surface area contributed by atoms with Crippen molar-refractivity contribution in [2.24, 2.45) is 5.92 Å². The van der Waals surface area contributed by atoms with E-state index in [0.717, 1.165) is 6.42 Å². The van der Waals surface area contributed by atoms with Gasteiger partial charge < -0.3 is 4.74 Å². The molecule has 18 heavy (non-hydrogen) atoms. The SMILES string of the molecule is CC1CCCCC1OCc1cc(C#N)ccc1F. The Hall–Kier alpha value is -1.40. The fraction of sp³-hybridized carbons (Fsp3) is 0.533. The molecule has 1 fully saturated rings. The summed E-state index contributed by atoms with van der Waals surface area (Å²) in [5, 5.41) is 8.80. The zero-order valence-corrected chi connectivity index (χ0v) is 10.7. The molecule has 0 radical (unpaired) electrons. The minimum absolute atomic E-state index is 0.226. The van der Waals surface area contributed by atoms with Crippen LogP contribution in [0.15, 0.2) is 18.2 Å². The van der Waals surface area contributed by atoms with Crippen molar-refractivity contribution >= 4 is 0 Å². The van der Waals surface area contributed by atoms with Crippen LogP contribution in [0.1, 0.15) is 43.7 Å². The zero-order valence-electron chi connectivity index (χ0n) is 10.7. The Morgan fingerprint density at radius 1 is 1.39 bits per heavy atom. The lowest BCUT2D eigenvalue weighted by Crippen LogP contribution is -2.25. The van der Waals surface area contributed by atoms with Crippen LogP contribution in [0.4, 0.5) is 4.39 Å². The second kappa shape index (κ2) is 5.97. The smallest absolute Gasteiger partial charge is 0.128 e. The Balaban J connectivity index is 1.99. The molecule has 3 heteroatoms. The van der Waals surface area contributed by atoms with Crippen molar-refractivity contribution in [3.8, 4) is 6.07 Å². The predicted molar refractivity (Wildman–Crippen MR) is 67.3 cm³/mol. The lowest BCUT2D eigenvalue weighted by atomic mass is 9.88. The third-order valence-electron chi connectivity index (χ3n) is 3.66. The standard InChI is InChI=1S/C15H18FNO/c1-11-4-2-3-5-15(11)18-10-13-8-12(9-17)6-7-14(13)16/h6-8,11,15H,2-5,10H2,1H3. The van der Waals surface area contributed by atoms with Crippen molar-refractivity contribution in [3.05, 3.63) is 35.1 Å². The number of halogens is 1. The maximum absolute atomic E-state index is 13.6. The van der Waals surface area contributed by atoms with Crippen LogP contribution < -0.4 is 0 Å². The summed E-state index contributed by atoms with van der Waals surface area (Å²) in [7, 11) is 0. The summed E-state index contributed by atoms with van der Waals surface area (Å²) in [6, 6.07) is 6.41. The van der Waals surface area contributed by atoms with E-state index in [2.05, 4.69) is 6.92 Å². The third-order valence-corrected chi connectivity index (χ3v) is 3.66. The van der Waals surface area contributed by atoms with E-state index in [1.165, 1.54) is 31.4 Å². The number of nitrogens with zero attached hydrogens (tertiary/aromatic N) is 1. The second-order valence-electron chi connectivity index (χ2n) is 5.03. The Morgan fingerprint density at radius 3 is 2.89 bits per heavy atom. The van der Waals surface area contributed by atoms with Gasteiger partial charge in [0.2, 0.25) is 0 Å². The number of rotatable bonds is 3. The van der Waals surface area contributed by atoms with Gasteiger partial charge in [-0.25, -0.2) is 4.39 Å². The highest BCUT2D eigenvalue weighted by Gasteiger charge is 2.22. The summed E-state index contributed by atoms with van der Waals surface area (Å²) in [6.45, 7) is 2.45. The van der Waals surface area contributed by atoms with Crippen molar-refractivity contribution in [1.82, 2.24) is 0 Å². The maximum Gasteiger partial charge on any atom is 0.128 e. The largest absolute Gasteiger partial charge is 0.373 e. The van der Waals surface area contributed by atoms with Gasteiger partial charge in [0.15, 0.2) is 0 Å². The average molecular weight is 247 g/mol. The Morgan fingerprint density at radius 2 is 2.17 bits per heavy atom. The van der Waals surface area contributed by atoms with Crippen LogP contribution in [-0.2, 0) is 11.3 Å². The molecule has 1 aliphatic carbocycles. The van der Waals surface area contributed by atoms with Crippen molar-refractivity contribution in [3.63, 3.8) is 0 Å². The van der Waals surface area contributed by atoms with E-state index in [0.29, 0.717) is 17.0 Å². The van der Waals surface area contributed by atoms with Crippen molar-refractivity contribution in [2.75, 3.05) is 0 Å². The molecule has 1 aromatic carbocycles. The molecule has 2 unspecified atom stereocenters. The number of benzene rings is 1. The topological polar surface area (TPSA) is 33.0 Å². The highest BCUT2D eigenvalue weighted by atomic mass is 19.1. The molecule has 0 bridgehead atoms. The third kappa shape index (κ3) is 3.08. The molecule has 0 N–H and O–H groups in total. The van der Waals surface area contributed by atoms with E-state index < -0.39 is 0 Å². The number of hydrogen-bond donors (Lipinski definition) is 0. The molecule has 1 aliphatic rings. The average Bonchev–Trinajstić information content (AvgIpc) is 2.39. The minimum Gasteiger partial charge on any atom is -0.373 e. The molecule has 1 saturated carbocycles. The molecular formula is C15H18FNO. The molecule has 0 saturated heterocycles. The molecule has 96 valence electrons. The molecule has 2 nitrogen and oxygen atoms in total. The molecule has 0 aromatic heterocycles. The summed E-state index contributed by atoms with van der Waals surface area (Å²) in [4.78, 5) is 0. The first kappa shape index (κ1) is 13.0. The first-order valence-corrected chi connectivity index (χ1v) is 6.51. The molecule has 0 amide bonds. The highest BCUT2D eigenvalue weighted by Crippen LogP contribution is 2.27. The normalized spacial score (nSPS) is 23.6. The summed E-state index contributed by atoms with van der Waals surface area (Å²) in [5.74, 6) is 0.249. The second-order valence-corrected chi connectivity index (χ2v) is 5.03. The summed E-state index contributed by atoms with van der Waals surface area (Å²) in [5.41, 5.74) is 0.957.